The highest BCUT2D eigenvalue weighted by Crippen LogP contribution is 2.23. The maximum atomic E-state index is 10.8. The van der Waals surface area contributed by atoms with Crippen molar-refractivity contribution < 1.29 is 9.66 Å². The maximum Gasteiger partial charge on any atom is 0.292 e. The first-order valence-corrected chi connectivity index (χ1v) is 5.86. The van der Waals surface area contributed by atoms with Crippen LogP contribution in [0.5, 0.6) is 0 Å². The fraction of sp³-hybridized carbons (Fsp3) is 0.500. The molecule has 1 aromatic rings. The highest BCUT2D eigenvalue weighted by molar-refractivity contribution is 5.60. The zero-order valence-electron chi connectivity index (χ0n) is 9.59. The fourth-order valence-corrected chi connectivity index (χ4v) is 2.02. The number of nitrogens with zero attached hydrogens (tertiary/aromatic N) is 1. The summed E-state index contributed by atoms with van der Waals surface area (Å²) in [6, 6.07) is 6.70. The van der Waals surface area contributed by atoms with Crippen LogP contribution in [0.25, 0.3) is 0 Å². The maximum absolute atomic E-state index is 10.8. The van der Waals surface area contributed by atoms with Crippen molar-refractivity contribution in [2.45, 2.75) is 25.4 Å². The number of rotatable bonds is 5. The van der Waals surface area contributed by atoms with Crippen LogP contribution in [0, 0.1) is 10.1 Å². The van der Waals surface area contributed by atoms with Gasteiger partial charge in [-0.05, 0) is 25.3 Å². The van der Waals surface area contributed by atoms with Crippen molar-refractivity contribution in [1.82, 2.24) is 0 Å². The van der Waals surface area contributed by atoms with E-state index in [1.807, 2.05) is 0 Å². The van der Waals surface area contributed by atoms with E-state index in [1.54, 1.807) is 18.2 Å². The molecular formula is C12H16N2O3. The monoisotopic (exact) mass is 236 g/mol. The molecule has 1 saturated heterocycles. The lowest BCUT2D eigenvalue weighted by Crippen LogP contribution is -2.13. The molecular weight excluding hydrogens is 220 g/mol. The van der Waals surface area contributed by atoms with Gasteiger partial charge in [0.15, 0.2) is 0 Å². The van der Waals surface area contributed by atoms with Crippen molar-refractivity contribution >= 4 is 11.4 Å². The molecule has 5 nitrogen and oxygen atoms in total. The van der Waals surface area contributed by atoms with Gasteiger partial charge in [-0.3, -0.25) is 10.1 Å². The van der Waals surface area contributed by atoms with Crippen LogP contribution < -0.4 is 5.32 Å². The third kappa shape index (κ3) is 3.17. The zero-order chi connectivity index (χ0) is 12.1. The van der Waals surface area contributed by atoms with Gasteiger partial charge >= 0.3 is 0 Å². The number of hydrogen-bond donors (Lipinski definition) is 1. The summed E-state index contributed by atoms with van der Waals surface area (Å²) < 4.78 is 5.49. The van der Waals surface area contributed by atoms with Gasteiger partial charge in [0.2, 0.25) is 0 Å². The van der Waals surface area contributed by atoms with Crippen LogP contribution in [-0.4, -0.2) is 24.2 Å². The first-order valence-electron chi connectivity index (χ1n) is 5.86. The van der Waals surface area contributed by atoms with Crippen molar-refractivity contribution in [2.75, 3.05) is 18.5 Å². The van der Waals surface area contributed by atoms with Crippen molar-refractivity contribution in [3.63, 3.8) is 0 Å². The Morgan fingerprint density at radius 3 is 3.00 bits per heavy atom. The number of benzene rings is 1. The summed E-state index contributed by atoms with van der Waals surface area (Å²) in [4.78, 5) is 10.4. The van der Waals surface area contributed by atoms with E-state index in [9.17, 15) is 10.1 Å². The van der Waals surface area contributed by atoms with Crippen LogP contribution >= 0.6 is 0 Å². The van der Waals surface area contributed by atoms with Gasteiger partial charge in [0, 0.05) is 19.2 Å². The van der Waals surface area contributed by atoms with E-state index >= 15 is 0 Å². The molecule has 1 heterocycles. The molecule has 0 spiro atoms. The summed E-state index contributed by atoms with van der Waals surface area (Å²) >= 11 is 0. The molecule has 0 saturated carbocycles. The molecule has 5 heteroatoms. The number of ether oxygens (including phenoxy) is 1. The highest BCUT2D eigenvalue weighted by atomic mass is 16.6. The van der Waals surface area contributed by atoms with Gasteiger partial charge in [0.1, 0.15) is 5.69 Å². The normalized spacial score (nSPS) is 19.2. The minimum atomic E-state index is -0.367. The molecule has 0 bridgehead atoms. The van der Waals surface area contributed by atoms with Crippen LogP contribution in [0.1, 0.15) is 19.3 Å². The molecule has 1 fully saturated rings. The van der Waals surface area contributed by atoms with Crippen LogP contribution in [0.3, 0.4) is 0 Å². The van der Waals surface area contributed by atoms with Crippen molar-refractivity contribution in [1.29, 1.82) is 0 Å². The van der Waals surface area contributed by atoms with Gasteiger partial charge in [0.05, 0.1) is 11.0 Å². The molecule has 0 amide bonds. The Labute approximate surface area is 99.9 Å². The third-order valence-corrected chi connectivity index (χ3v) is 2.91. The minimum absolute atomic E-state index is 0.125. The molecule has 92 valence electrons. The number of para-hydroxylation sites is 2. The molecule has 1 atom stereocenters. The number of hydrogen-bond acceptors (Lipinski definition) is 4. The first kappa shape index (κ1) is 11.9. The summed E-state index contributed by atoms with van der Waals surface area (Å²) in [5.74, 6) is 0. The van der Waals surface area contributed by atoms with Crippen LogP contribution in [0.4, 0.5) is 11.4 Å². The summed E-state index contributed by atoms with van der Waals surface area (Å²) in [6.45, 7) is 1.55. The fourth-order valence-electron chi connectivity index (χ4n) is 2.02. The molecule has 1 unspecified atom stereocenters. The number of nitrogens with one attached hydrogen (secondary N) is 1. The van der Waals surface area contributed by atoms with Gasteiger partial charge in [-0.1, -0.05) is 12.1 Å². The molecule has 0 aromatic heterocycles. The largest absolute Gasteiger partial charge is 0.379 e. The van der Waals surface area contributed by atoms with Gasteiger partial charge in [-0.25, -0.2) is 0 Å². The molecule has 1 aliphatic heterocycles. The van der Waals surface area contributed by atoms with Gasteiger partial charge in [-0.2, -0.15) is 0 Å². The summed E-state index contributed by atoms with van der Waals surface area (Å²) in [5.41, 5.74) is 0.704. The molecule has 1 N–H and O–H groups in total. The Morgan fingerprint density at radius 2 is 2.29 bits per heavy atom. The predicted octanol–water partition coefficient (Wildman–Crippen LogP) is 2.58. The molecule has 2 rings (SSSR count). The highest BCUT2D eigenvalue weighted by Gasteiger charge is 2.16. The standard InChI is InChI=1S/C12H16N2O3/c15-14(16)12-6-2-1-5-11(12)13-8-7-10-4-3-9-17-10/h1-2,5-6,10,13H,3-4,7-9H2. The topological polar surface area (TPSA) is 64.4 Å². The Bertz CT molecular complexity index is 389. The lowest BCUT2D eigenvalue weighted by atomic mass is 10.2. The quantitative estimate of drug-likeness (QED) is 0.630. The van der Waals surface area contributed by atoms with Crippen LogP contribution in [0.15, 0.2) is 24.3 Å². The Morgan fingerprint density at radius 1 is 1.47 bits per heavy atom. The number of nitro benzene ring substituents is 1. The second-order valence-electron chi connectivity index (χ2n) is 4.12. The minimum Gasteiger partial charge on any atom is -0.379 e. The average Bonchev–Trinajstić information content (AvgIpc) is 2.82. The van der Waals surface area contributed by atoms with E-state index in [0.29, 0.717) is 18.3 Å². The van der Waals surface area contributed by atoms with E-state index in [4.69, 9.17) is 4.74 Å². The first-order chi connectivity index (χ1) is 8.27. The van der Waals surface area contributed by atoms with Crippen molar-refractivity contribution in [2.24, 2.45) is 0 Å². The van der Waals surface area contributed by atoms with Gasteiger partial charge in [0.25, 0.3) is 5.69 Å². The summed E-state index contributed by atoms with van der Waals surface area (Å²) in [6.07, 6.45) is 3.42. The molecule has 1 aromatic carbocycles. The Balaban J connectivity index is 1.87. The smallest absolute Gasteiger partial charge is 0.292 e. The second-order valence-corrected chi connectivity index (χ2v) is 4.12. The lowest BCUT2D eigenvalue weighted by Gasteiger charge is -2.10. The summed E-state index contributed by atoms with van der Waals surface area (Å²) in [5, 5.41) is 13.9. The second kappa shape index (κ2) is 5.63. The number of nitro groups is 1. The van der Waals surface area contributed by atoms with E-state index in [1.165, 1.54) is 6.07 Å². The average molecular weight is 236 g/mol. The Kier molecular flexibility index (Phi) is 3.93. The Hall–Kier alpha value is -1.62. The van der Waals surface area contributed by atoms with Gasteiger partial charge in [-0.15, -0.1) is 0 Å². The van der Waals surface area contributed by atoms with Crippen LogP contribution in [-0.2, 0) is 4.74 Å². The van der Waals surface area contributed by atoms with E-state index in [-0.39, 0.29) is 10.6 Å². The van der Waals surface area contributed by atoms with Crippen molar-refractivity contribution in [3.05, 3.63) is 34.4 Å². The molecule has 0 radical (unpaired) electrons. The van der Waals surface area contributed by atoms with Crippen molar-refractivity contribution in [3.8, 4) is 0 Å². The lowest BCUT2D eigenvalue weighted by molar-refractivity contribution is -0.384. The predicted molar refractivity (Wildman–Crippen MR) is 65.2 cm³/mol. The zero-order valence-corrected chi connectivity index (χ0v) is 9.59. The number of anilines is 1. The van der Waals surface area contributed by atoms with E-state index in [0.717, 1.165) is 25.9 Å². The van der Waals surface area contributed by atoms with Crippen LogP contribution in [0.2, 0.25) is 0 Å². The summed E-state index contributed by atoms with van der Waals surface area (Å²) in [7, 11) is 0. The molecule has 0 aliphatic carbocycles. The van der Waals surface area contributed by atoms with Gasteiger partial charge < -0.3 is 10.1 Å². The molecule has 17 heavy (non-hydrogen) atoms. The SMILES string of the molecule is O=[N+]([O-])c1ccccc1NCCC1CCCO1. The third-order valence-electron chi connectivity index (χ3n) is 2.91. The van der Waals surface area contributed by atoms with E-state index < -0.39 is 0 Å². The molecule has 1 aliphatic rings. The van der Waals surface area contributed by atoms with E-state index in [2.05, 4.69) is 5.32 Å².